The summed E-state index contributed by atoms with van der Waals surface area (Å²) in [5, 5.41) is 0. The molecule has 0 atom stereocenters. The van der Waals surface area contributed by atoms with Crippen molar-refractivity contribution in [3.63, 3.8) is 0 Å². The van der Waals surface area contributed by atoms with Gasteiger partial charge in [-0.05, 0) is 42.5 Å². The zero-order chi connectivity index (χ0) is 15.9. The topological polar surface area (TPSA) is 68.2 Å². The molecule has 0 amide bonds. The maximum absolute atomic E-state index is 12.9. The average molecular weight is 338 g/mol. The molecule has 5 nitrogen and oxygen atoms in total. The van der Waals surface area contributed by atoms with Gasteiger partial charge in [0.15, 0.2) is 0 Å². The number of benzene rings is 2. The molecular weight excluding hydrogens is 327 g/mol. The van der Waals surface area contributed by atoms with Crippen molar-refractivity contribution in [2.45, 2.75) is 4.90 Å². The van der Waals surface area contributed by atoms with Gasteiger partial charge in [0.2, 0.25) is 0 Å². The van der Waals surface area contributed by atoms with Crippen molar-refractivity contribution >= 4 is 37.3 Å². The summed E-state index contributed by atoms with van der Waals surface area (Å²) in [6, 6.07) is 9.41. The molecule has 0 unspecified atom stereocenters. The first-order chi connectivity index (χ1) is 10.4. The third-order valence-corrected chi connectivity index (χ3v) is 5.56. The molecule has 0 saturated heterocycles. The summed E-state index contributed by atoms with van der Waals surface area (Å²) in [6.07, 6.45) is 0. The lowest BCUT2D eigenvalue weighted by atomic mass is 10.3. The molecule has 114 valence electrons. The minimum Gasteiger partial charge on any atom is -0.302 e. The van der Waals surface area contributed by atoms with E-state index in [1.165, 1.54) is 16.7 Å². The Morgan fingerprint density at radius 3 is 2.50 bits per heavy atom. The number of hydrogen-bond donors (Lipinski definition) is 1. The van der Waals surface area contributed by atoms with Gasteiger partial charge < -0.3 is 4.57 Å². The van der Waals surface area contributed by atoms with Crippen molar-refractivity contribution in [1.82, 2.24) is 4.57 Å². The second-order valence-corrected chi connectivity index (χ2v) is 7.34. The van der Waals surface area contributed by atoms with Gasteiger partial charge in [-0.1, -0.05) is 11.3 Å². The van der Waals surface area contributed by atoms with Gasteiger partial charge in [-0.2, -0.15) is 0 Å². The molecule has 0 bridgehead atoms. The van der Waals surface area contributed by atoms with E-state index in [0.717, 1.165) is 29.0 Å². The highest BCUT2D eigenvalue weighted by Crippen LogP contribution is 2.23. The lowest BCUT2D eigenvalue weighted by Gasteiger charge is -2.08. The number of nitrogens with one attached hydrogen (secondary N) is 1. The minimum absolute atomic E-state index is 0.0322. The van der Waals surface area contributed by atoms with Crippen LogP contribution in [0.25, 0.3) is 10.2 Å². The summed E-state index contributed by atoms with van der Waals surface area (Å²) in [5.74, 6) is -0.505. The molecule has 0 spiro atoms. The monoisotopic (exact) mass is 338 g/mol. The highest BCUT2D eigenvalue weighted by Gasteiger charge is 2.15. The van der Waals surface area contributed by atoms with E-state index in [2.05, 4.69) is 4.72 Å². The van der Waals surface area contributed by atoms with Crippen LogP contribution in [0.3, 0.4) is 0 Å². The van der Waals surface area contributed by atoms with E-state index in [9.17, 15) is 17.6 Å². The number of aryl methyl sites for hydroxylation is 1. The van der Waals surface area contributed by atoms with Crippen LogP contribution in [0.2, 0.25) is 0 Å². The molecule has 3 aromatic rings. The second-order valence-electron chi connectivity index (χ2n) is 4.67. The van der Waals surface area contributed by atoms with E-state index in [4.69, 9.17) is 0 Å². The van der Waals surface area contributed by atoms with Crippen LogP contribution in [0.1, 0.15) is 0 Å². The number of aromatic nitrogens is 1. The van der Waals surface area contributed by atoms with Gasteiger partial charge in [-0.3, -0.25) is 9.52 Å². The van der Waals surface area contributed by atoms with Crippen LogP contribution in [-0.4, -0.2) is 13.0 Å². The Morgan fingerprint density at radius 1 is 1.14 bits per heavy atom. The number of anilines is 1. The van der Waals surface area contributed by atoms with Crippen LogP contribution in [0.15, 0.2) is 52.2 Å². The number of hydrogen-bond acceptors (Lipinski definition) is 4. The van der Waals surface area contributed by atoms with E-state index < -0.39 is 15.8 Å². The Labute approximate surface area is 129 Å². The molecule has 0 aliphatic rings. The molecule has 0 radical (unpaired) electrons. The predicted molar refractivity (Wildman–Crippen MR) is 84.3 cm³/mol. The van der Waals surface area contributed by atoms with Crippen LogP contribution in [0.4, 0.5) is 10.1 Å². The van der Waals surface area contributed by atoms with Crippen LogP contribution in [-0.2, 0) is 17.1 Å². The molecule has 0 fully saturated rings. The second kappa shape index (κ2) is 5.22. The van der Waals surface area contributed by atoms with Gasteiger partial charge in [-0.15, -0.1) is 0 Å². The molecule has 0 aliphatic heterocycles. The normalized spacial score (nSPS) is 11.7. The van der Waals surface area contributed by atoms with Gasteiger partial charge >= 0.3 is 4.87 Å². The molecule has 3 rings (SSSR count). The highest BCUT2D eigenvalue weighted by molar-refractivity contribution is 7.92. The Kier molecular flexibility index (Phi) is 3.50. The van der Waals surface area contributed by atoms with E-state index in [1.54, 1.807) is 25.2 Å². The van der Waals surface area contributed by atoms with Crippen LogP contribution in [0.5, 0.6) is 0 Å². The lowest BCUT2D eigenvalue weighted by Crippen LogP contribution is -2.12. The molecule has 0 saturated carbocycles. The standard InChI is InChI=1S/C14H11FN2O3S2/c1-17-12-7-4-10(8-13(12)21-14(17)18)16-22(19,20)11-5-2-9(15)3-6-11/h2-8,16H,1H3. The van der Waals surface area contributed by atoms with Crippen LogP contribution in [0, 0.1) is 5.82 Å². The highest BCUT2D eigenvalue weighted by atomic mass is 32.2. The number of fused-ring (bicyclic) bond motifs is 1. The van der Waals surface area contributed by atoms with Crippen molar-refractivity contribution in [1.29, 1.82) is 0 Å². The summed E-state index contributed by atoms with van der Waals surface area (Å²) in [7, 11) is -2.14. The molecule has 2 aromatic carbocycles. The molecule has 1 N–H and O–H groups in total. The Hall–Kier alpha value is -2.19. The maximum atomic E-state index is 12.9. The van der Waals surface area contributed by atoms with Crippen LogP contribution >= 0.6 is 11.3 Å². The first kappa shape index (κ1) is 14.7. The third-order valence-electron chi connectivity index (χ3n) is 3.17. The van der Waals surface area contributed by atoms with Crippen molar-refractivity contribution in [3.8, 4) is 0 Å². The van der Waals surface area contributed by atoms with E-state index in [0.29, 0.717) is 10.4 Å². The van der Waals surface area contributed by atoms with Crippen molar-refractivity contribution in [2.75, 3.05) is 4.72 Å². The molecular formula is C14H11FN2O3S2. The molecule has 0 aliphatic carbocycles. The van der Waals surface area contributed by atoms with Crippen LogP contribution < -0.4 is 9.60 Å². The van der Waals surface area contributed by atoms with Gasteiger partial charge in [0.05, 0.1) is 20.8 Å². The van der Waals surface area contributed by atoms with Gasteiger partial charge in [-0.25, -0.2) is 12.8 Å². The van der Waals surface area contributed by atoms with E-state index in [-0.39, 0.29) is 9.77 Å². The molecule has 1 heterocycles. The fourth-order valence-electron chi connectivity index (χ4n) is 2.03. The lowest BCUT2D eigenvalue weighted by molar-refractivity contribution is 0.599. The number of sulfonamides is 1. The quantitative estimate of drug-likeness (QED) is 0.798. The fourth-order valence-corrected chi connectivity index (χ4v) is 3.99. The van der Waals surface area contributed by atoms with Gasteiger partial charge in [0, 0.05) is 7.05 Å². The smallest absolute Gasteiger partial charge is 0.302 e. The molecule has 8 heteroatoms. The Bertz CT molecular complexity index is 1000. The van der Waals surface area contributed by atoms with Gasteiger partial charge in [0.25, 0.3) is 10.0 Å². The molecule has 1 aromatic heterocycles. The summed E-state index contributed by atoms with van der Waals surface area (Å²) in [4.78, 5) is 11.4. The van der Waals surface area contributed by atoms with Crippen molar-refractivity contribution < 1.29 is 12.8 Å². The Morgan fingerprint density at radius 2 is 1.82 bits per heavy atom. The summed E-state index contributed by atoms with van der Waals surface area (Å²) in [5.41, 5.74) is 1.08. The van der Waals surface area contributed by atoms with E-state index in [1.807, 2.05) is 0 Å². The largest absolute Gasteiger partial charge is 0.307 e. The molecule has 22 heavy (non-hydrogen) atoms. The minimum atomic E-state index is -3.80. The first-order valence-electron chi connectivity index (χ1n) is 6.25. The summed E-state index contributed by atoms with van der Waals surface area (Å²) in [6.45, 7) is 0. The maximum Gasteiger partial charge on any atom is 0.307 e. The van der Waals surface area contributed by atoms with Crippen molar-refractivity contribution in [3.05, 3.63) is 57.9 Å². The zero-order valence-electron chi connectivity index (χ0n) is 11.4. The number of nitrogens with zero attached hydrogens (tertiary/aromatic N) is 1. The summed E-state index contributed by atoms with van der Waals surface area (Å²) >= 11 is 1.04. The average Bonchev–Trinajstić information content (AvgIpc) is 2.73. The zero-order valence-corrected chi connectivity index (χ0v) is 13.0. The van der Waals surface area contributed by atoms with Crippen molar-refractivity contribution in [2.24, 2.45) is 7.05 Å². The van der Waals surface area contributed by atoms with E-state index >= 15 is 0 Å². The summed E-state index contributed by atoms with van der Waals surface area (Å²) < 4.78 is 41.9. The third kappa shape index (κ3) is 2.62. The SMILES string of the molecule is Cn1c(=O)sc2cc(NS(=O)(=O)c3ccc(F)cc3)ccc21. The Balaban J connectivity index is 1.98. The fraction of sp³-hybridized carbons (Fsp3) is 0.0714. The predicted octanol–water partition coefficient (Wildman–Crippen LogP) is 2.54. The number of halogens is 1. The number of rotatable bonds is 3. The van der Waals surface area contributed by atoms with Gasteiger partial charge in [0.1, 0.15) is 5.82 Å². The first-order valence-corrected chi connectivity index (χ1v) is 8.55. The number of thiazole rings is 1.